The third-order valence-electron chi connectivity index (χ3n) is 10.9. The van der Waals surface area contributed by atoms with Gasteiger partial charge < -0.3 is 21.5 Å². The van der Waals surface area contributed by atoms with E-state index in [1.165, 1.54) is 262 Å². The lowest BCUT2D eigenvalue weighted by atomic mass is 10.0. The Kier molecular flexibility index (Phi) is 43.9. The molecular formula is C44H92BrN. The molecule has 0 radical (unpaired) electrons. The summed E-state index contributed by atoms with van der Waals surface area (Å²) in [6.07, 6.45) is 52.7. The maximum atomic E-state index is 2.34. The fourth-order valence-corrected chi connectivity index (χ4v) is 7.70. The molecule has 0 saturated heterocycles. The van der Waals surface area contributed by atoms with Crippen LogP contribution in [0.1, 0.15) is 259 Å². The molecule has 0 saturated carbocycles. The molecule has 0 aliphatic heterocycles. The maximum Gasteiger partial charge on any atom is 0.0786 e. The van der Waals surface area contributed by atoms with E-state index >= 15 is 0 Å². The summed E-state index contributed by atoms with van der Waals surface area (Å²) in [6.45, 7) is 15.3. The molecule has 0 heterocycles. The highest BCUT2D eigenvalue weighted by molar-refractivity contribution is 4.56. The van der Waals surface area contributed by atoms with Gasteiger partial charge in [-0.05, 0) is 51.4 Å². The van der Waals surface area contributed by atoms with E-state index in [9.17, 15) is 0 Å². The van der Waals surface area contributed by atoms with Gasteiger partial charge in [0.2, 0.25) is 0 Å². The molecule has 0 fully saturated rings. The van der Waals surface area contributed by atoms with Crippen molar-refractivity contribution in [2.24, 2.45) is 0 Å². The van der Waals surface area contributed by atoms with Gasteiger partial charge in [0.15, 0.2) is 0 Å². The van der Waals surface area contributed by atoms with Crippen molar-refractivity contribution in [1.82, 2.24) is 0 Å². The number of hydrogen-bond acceptors (Lipinski definition) is 0. The summed E-state index contributed by atoms with van der Waals surface area (Å²) in [4.78, 5) is 0. The van der Waals surface area contributed by atoms with Crippen LogP contribution in [0.5, 0.6) is 0 Å². The van der Waals surface area contributed by atoms with E-state index in [2.05, 4.69) is 27.7 Å². The quantitative estimate of drug-likeness (QED) is 0.0438. The molecule has 0 N–H and O–H groups in total. The number of rotatable bonds is 40. The van der Waals surface area contributed by atoms with Crippen molar-refractivity contribution >= 4 is 0 Å². The van der Waals surface area contributed by atoms with Crippen LogP contribution in [-0.4, -0.2) is 30.7 Å². The van der Waals surface area contributed by atoms with Crippen LogP contribution in [0.15, 0.2) is 0 Å². The van der Waals surface area contributed by atoms with Gasteiger partial charge in [0, 0.05) is 0 Å². The third kappa shape index (κ3) is 35.7. The van der Waals surface area contributed by atoms with E-state index in [1.54, 1.807) is 0 Å². The number of quaternary nitrogens is 1. The lowest BCUT2D eigenvalue weighted by Crippen LogP contribution is -3.00. The van der Waals surface area contributed by atoms with Crippen molar-refractivity contribution in [3.63, 3.8) is 0 Å². The second-order valence-corrected chi connectivity index (χ2v) is 15.5. The summed E-state index contributed by atoms with van der Waals surface area (Å²) in [5, 5.41) is 0. The highest BCUT2D eigenvalue weighted by Crippen LogP contribution is 2.21. The predicted octanol–water partition coefficient (Wildman–Crippen LogP) is 12.9. The molecule has 0 rings (SSSR count). The molecule has 0 unspecified atom stereocenters. The SMILES string of the molecule is CCCCCCCCCCCC[N+](CCCCCCCCCC)(CCCCCCCCCC)CCCCCCCCCCCC.[Br-]. The topological polar surface area (TPSA) is 0 Å². The highest BCUT2D eigenvalue weighted by Gasteiger charge is 2.25. The Morgan fingerprint density at radius 2 is 0.326 bits per heavy atom. The maximum absolute atomic E-state index is 2.34. The molecule has 0 bridgehead atoms. The lowest BCUT2D eigenvalue weighted by Gasteiger charge is -2.40. The van der Waals surface area contributed by atoms with Crippen molar-refractivity contribution in [3.05, 3.63) is 0 Å². The molecule has 0 aromatic carbocycles. The van der Waals surface area contributed by atoms with Gasteiger partial charge in [0.25, 0.3) is 0 Å². The minimum Gasteiger partial charge on any atom is -1.00 e. The third-order valence-corrected chi connectivity index (χ3v) is 10.9. The van der Waals surface area contributed by atoms with Gasteiger partial charge in [-0.15, -0.1) is 0 Å². The minimum atomic E-state index is 0. The van der Waals surface area contributed by atoms with Crippen LogP contribution in [0.25, 0.3) is 0 Å². The summed E-state index contributed by atoms with van der Waals surface area (Å²) >= 11 is 0. The van der Waals surface area contributed by atoms with E-state index in [1.807, 2.05) is 0 Å². The van der Waals surface area contributed by atoms with E-state index in [4.69, 9.17) is 0 Å². The Balaban J connectivity index is 0. The van der Waals surface area contributed by atoms with Gasteiger partial charge in [0.1, 0.15) is 0 Å². The first-order chi connectivity index (χ1) is 22.2. The van der Waals surface area contributed by atoms with E-state index in [0.29, 0.717) is 0 Å². The molecule has 0 aromatic heterocycles. The smallest absolute Gasteiger partial charge is 0.0786 e. The zero-order chi connectivity index (χ0) is 32.8. The Labute approximate surface area is 305 Å². The first-order valence-electron chi connectivity index (χ1n) is 22.1. The molecule has 0 spiro atoms. The van der Waals surface area contributed by atoms with Crippen LogP contribution in [0.2, 0.25) is 0 Å². The molecule has 0 aromatic rings. The number of halogens is 1. The van der Waals surface area contributed by atoms with E-state index in [-0.39, 0.29) is 17.0 Å². The van der Waals surface area contributed by atoms with Crippen molar-refractivity contribution in [3.8, 4) is 0 Å². The Morgan fingerprint density at radius 1 is 0.196 bits per heavy atom. The van der Waals surface area contributed by atoms with Crippen LogP contribution in [0, 0.1) is 0 Å². The van der Waals surface area contributed by atoms with Crippen LogP contribution in [-0.2, 0) is 0 Å². The summed E-state index contributed by atoms with van der Waals surface area (Å²) < 4.78 is 1.49. The van der Waals surface area contributed by atoms with Gasteiger partial charge in [-0.25, -0.2) is 0 Å². The molecule has 46 heavy (non-hydrogen) atoms. The molecule has 280 valence electrons. The first-order valence-corrected chi connectivity index (χ1v) is 22.1. The fraction of sp³-hybridized carbons (Fsp3) is 1.00. The molecule has 0 atom stereocenters. The van der Waals surface area contributed by atoms with Gasteiger partial charge in [-0.1, -0.05) is 207 Å². The normalized spacial score (nSPS) is 11.7. The second kappa shape index (κ2) is 41.6. The average molecular weight is 715 g/mol. The number of hydrogen-bond donors (Lipinski definition) is 0. The van der Waals surface area contributed by atoms with Crippen molar-refractivity contribution in [2.75, 3.05) is 26.2 Å². The van der Waals surface area contributed by atoms with Crippen LogP contribution in [0.4, 0.5) is 0 Å². The fourth-order valence-electron chi connectivity index (χ4n) is 7.70. The largest absolute Gasteiger partial charge is 1.00 e. The molecule has 2 heteroatoms. The predicted molar refractivity (Wildman–Crippen MR) is 209 cm³/mol. The Morgan fingerprint density at radius 3 is 0.478 bits per heavy atom. The number of unbranched alkanes of at least 4 members (excludes halogenated alkanes) is 32. The standard InChI is InChI=1S/C44H92N.BrH/c1-5-9-13-17-21-25-27-31-35-39-43-45(41-37-33-29-23-19-15-11-7-3,42-38-34-30-24-20-16-12-8-4)44-40-36-32-28-26-22-18-14-10-6-2;/h5-44H2,1-4H3;1H/q+1;/p-1. The van der Waals surface area contributed by atoms with Crippen molar-refractivity contribution in [2.45, 2.75) is 259 Å². The van der Waals surface area contributed by atoms with Gasteiger partial charge in [-0.3, -0.25) is 0 Å². The Hall–Kier alpha value is 0.440. The first kappa shape index (κ1) is 48.6. The van der Waals surface area contributed by atoms with Crippen molar-refractivity contribution < 1.29 is 21.5 Å². The average Bonchev–Trinajstić information content (AvgIpc) is 3.05. The molecule has 0 aliphatic rings. The van der Waals surface area contributed by atoms with Crippen molar-refractivity contribution in [1.29, 1.82) is 0 Å². The Bertz CT molecular complexity index is 474. The highest BCUT2D eigenvalue weighted by atomic mass is 79.9. The zero-order valence-corrected chi connectivity index (χ0v) is 34.7. The molecule has 0 amide bonds. The minimum absolute atomic E-state index is 0. The van der Waals surface area contributed by atoms with Gasteiger partial charge >= 0.3 is 0 Å². The molecule has 1 nitrogen and oxygen atoms in total. The van der Waals surface area contributed by atoms with Gasteiger partial charge in [-0.2, -0.15) is 0 Å². The zero-order valence-electron chi connectivity index (χ0n) is 33.1. The van der Waals surface area contributed by atoms with E-state index in [0.717, 1.165) is 0 Å². The second-order valence-electron chi connectivity index (χ2n) is 15.5. The van der Waals surface area contributed by atoms with Crippen LogP contribution < -0.4 is 17.0 Å². The monoisotopic (exact) mass is 714 g/mol. The molecular weight excluding hydrogens is 622 g/mol. The van der Waals surface area contributed by atoms with E-state index < -0.39 is 0 Å². The summed E-state index contributed by atoms with van der Waals surface area (Å²) in [5.74, 6) is 0. The van der Waals surface area contributed by atoms with Crippen LogP contribution in [0.3, 0.4) is 0 Å². The lowest BCUT2D eigenvalue weighted by molar-refractivity contribution is -0.929. The summed E-state index contributed by atoms with van der Waals surface area (Å²) in [6, 6.07) is 0. The summed E-state index contributed by atoms with van der Waals surface area (Å²) in [5.41, 5.74) is 0. The van der Waals surface area contributed by atoms with Crippen LogP contribution >= 0.6 is 0 Å². The molecule has 0 aliphatic carbocycles. The van der Waals surface area contributed by atoms with Gasteiger partial charge in [0.05, 0.1) is 26.2 Å². The number of nitrogens with zero attached hydrogens (tertiary/aromatic N) is 1. The summed E-state index contributed by atoms with van der Waals surface area (Å²) in [7, 11) is 0.